The first kappa shape index (κ1) is 17.1. The zero-order valence-corrected chi connectivity index (χ0v) is 14.1. The molecule has 1 saturated carbocycles. The Labute approximate surface area is 146 Å². The second-order valence-corrected chi connectivity index (χ2v) is 6.44. The molecular formula is C20H21FN2O2. The zero-order chi connectivity index (χ0) is 17.8. The molecule has 130 valence electrons. The third-order valence-corrected chi connectivity index (χ3v) is 4.56. The van der Waals surface area contributed by atoms with E-state index in [-0.39, 0.29) is 29.5 Å². The van der Waals surface area contributed by atoms with Crippen LogP contribution in [0.4, 0.5) is 4.39 Å². The minimum Gasteiger partial charge on any atom is -0.352 e. The molecule has 0 saturated heterocycles. The summed E-state index contributed by atoms with van der Waals surface area (Å²) in [5.74, 6) is -1.03. The standard InChI is InChI=1S/C20H21FN2O2/c1-13-4-2-3-5-15(13)12-23-20(25)18-10-17(18)19(24)22-11-14-6-8-16(21)9-7-14/h2-9,17-18H,10-12H2,1H3,(H,22,24)(H,23,25). The van der Waals surface area contributed by atoms with E-state index in [1.165, 1.54) is 12.1 Å². The largest absolute Gasteiger partial charge is 0.352 e. The second-order valence-electron chi connectivity index (χ2n) is 6.44. The molecular weight excluding hydrogens is 319 g/mol. The van der Waals surface area contributed by atoms with Crippen molar-refractivity contribution >= 4 is 11.8 Å². The lowest BCUT2D eigenvalue weighted by atomic mass is 10.1. The highest BCUT2D eigenvalue weighted by molar-refractivity contribution is 5.92. The Hall–Kier alpha value is -2.69. The van der Waals surface area contributed by atoms with Gasteiger partial charge in [-0.05, 0) is 42.2 Å². The lowest BCUT2D eigenvalue weighted by Crippen LogP contribution is -2.29. The number of aryl methyl sites for hydroxylation is 1. The molecule has 5 heteroatoms. The van der Waals surface area contributed by atoms with Crippen LogP contribution in [-0.2, 0) is 22.7 Å². The van der Waals surface area contributed by atoms with Crippen molar-refractivity contribution in [3.05, 3.63) is 71.0 Å². The Morgan fingerprint density at radius 3 is 2.20 bits per heavy atom. The van der Waals surface area contributed by atoms with E-state index in [0.717, 1.165) is 16.7 Å². The molecule has 1 aliphatic carbocycles. The molecule has 0 aliphatic heterocycles. The van der Waals surface area contributed by atoms with E-state index in [4.69, 9.17) is 0 Å². The number of halogens is 1. The molecule has 2 aromatic rings. The van der Waals surface area contributed by atoms with Gasteiger partial charge in [0.15, 0.2) is 0 Å². The van der Waals surface area contributed by atoms with Crippen LogP contribution in [0.3, 0.4) is 0 Å². The molecule has 0 heterocycles. The van der Waals surface area contributed by atoms with Gasteiger partial charge in [-0.3, -0.25) is 9.59 Å². The van der Waals surface area contributed by atoms with Crippen molar-refractivity contribution in [2.45, 2.75) is 26.4 Å². The highest BCUT2D eigenvalue weighted by Crippen LogP contribution is 2.38. The van der Waals surface area contributed by atoms with Gasteiger partial charge in [0, 0.05) is 13.1 Å². The van der Waals surface area contributed by atoms with E-state index in [2.05, 4.69) is 10.6 Å². The number of nitrogens with one attached hydrogen (secondary N) is 2. The molecule has 4 nitrogen and oxygen atoms in total. The number of hydrogen-bond donors (Lipinski definition) is 2. The van der Waals surface area contributed by atoms with Gasteiger partial charge in [-0.2, -0.15) is 0 Å². The third kappa shape index (κ3) is 4.44. The fourth-order valence-electron chi connectivity index (χ4n) is 2.82. The molecule has 2 atom stereocenters. The number of amides is 2. The fourth-order valence-corrected chi connectivity index (χ4v) is 2.82. The Morgan fingerprint density at radius 2 is 1.56 bits per heavy atom. The molecule has 2 amide bonds. The van der Waals surface area contributed by atoms with Gasteiger partial charge in [0.25, 0.3) is 0 Å². The summed E-state index contributed by atoms with van der Waals surface area (Å²) in [4.78, 5) is 24.3. The SMILES string of the molecule is Cc1ccccc1CNC(=O)C1CC1C(=O)NCc1ccc(F)cc1. The van der Waals surface area contributed by atoms with Crippen molar-refractivity contribution in [2.75, 3.05) is 0 Å². The van der Waals surface area contributed by atoms with E-state index >= 15 is 0 Å². The Kier molecular flexibility index (Phi) is 5.12. The maximum Gasteiger partial charge on any atom is 0.224 e. The number of carbonyl (C=O) groups is 2. The van der Waals surface area contributed by atoms with E-state index in [9.17, 15) is 14.0 Å². The zero-order valence-electron chi connectivity index (χ0n) is 14.1. The topological polar surface area (TPSA) is 58.2 Å². The average molecular weight is 340 g/mol. The number of rotatable bonds is 6. The van der Waals surface area contributed by atoms with E-state index in [1.807, 2.05) is 31.2 Å². The van der Waals surface area contributed by atoms with Gasteiger partial charge in [0.05, 0.1) is 11.8 Å². The third-order valence-electron chi connectivity index (χ3n) is 4.56. The van der Waals surface area contributed by atoms with E-state index in [0.29, 0.717) is 19.5 Å². The lowest BCUT2D eigenvalue weighted by molar-refractivity contribution is -0.127. The lowest BCUT2D eigenvalue weighted by Gasteiger charge is -2.08. The van der Waals surface area contributed by atoms with Gasteiger partial charge in [-0.25, -0.2) is 4.39 Å². The van der Waals surface area contributed by atoms with Crippen LogP contribution >= 0.6 is 0 Å². The van der Waals surface area contributed by atoms with Crippen molar-refractivity contribution in [1.29, 1.82) is 0 Å². The molecule has 0 radical (unpaired) electrons. The van der Waals surface area contributed by atoms with Gasteiger partial charge in [0.2, 0.25) is 11.8 Å². The molecule has 0 spiro atoms. The van der Waals surface area contributed by atoms with Crippen LogP contribution in [0.5, 0.6) is 0 Å². The predicted octanol–water partition coefficient (Wildman–Crippen LogP) is 2.70. The summed E-state index contributed by atoms with van der Waals surface area (Å²) >= 11 is 0. The second kappa shape index (κ2) is 7.47. The first-order chi connectivity index (χ1) is 12.0. The van der Waals surface area contributed by atoms with Crippen molar-refractivity contribution in [2.24, 2.45) is 11.8 Å². The van der Waals surface area contributed by atoms with Crippen molar-refractivity contribution in [1.82, 2.24) is 10.6 Å². The quantitative estimate of drug-likeness (QED) is 0.849. The van der Waals surface area contributed by atoms with Crippen LogP contribution in [0.15, 0.2) is 48.5 Å². The van der Waals surface area contributed by atoms with E-state index < -0.39 is 0 Å². The van der Waals surface area contributed by atoms with Crippen molar-refractivity contribution < 1.29 is 14.0 Å². The molecule has 2 unspecified atom stereocenters. The summed E-state index contributed by atoms with van der Waals surface area (Å²) in [6.07, 6.45) is 0.578. The van der Waals surface area contributed by atoms with E-state index in [1.54, 1.807) is 12.1 Å². The maximum atomic E-state index is 12.9. The highest BCUT2D eigenvalue weighted by atomic mass is 19.1. The normalized spacial score (nSPS) is 18.5. The summed E-state index contributed by atoms with van der Waals surface area (Å²) in [5.41, 5.74) is 3.04. The van der Waals surface area contributed by atoms with Crippen molar-refractivity contribution in [3.63, 3.8) is 0 Å². The van der Waals surface area contributed by atoms with Crippen LogP contribution in [0.25, 0.3) is 0 Å². The highest BCUT2D eigenvalue weighted by Gasteiger charge is 2.47. The Balaban J connectivity index is 1.43. The molecule has 25 heavy (non-hydrogen) atoms. The summed E-state index contributed by atoms with van der Waals surface area (Å²) in [6.45, 7) is 2.82. The van der Waals surface area contributed by atoms with Crippen LogP contribution in [-0.4, -0.2) is 11.8 Å². The molecule has 1 aliphatic rings. The first-order valence-corrected chi connectivity index (χ1v) is 8.39. The number of benzene rings is 2. The summed E-state index contributed by atoms with van der Waals surface area (Å²) in [5, 5.41) is 5.71. The summed E-state index contributed by atoms with van der Waals surface area (Å²) in [6, 6.07) is 13.9. The molecule has 2 N–H and O–H groups in total. The minimum atomic E-state index is -0.303. The average Bonchev–Trinajstić information content (AvgIpc) is 3.41. The number of hydrogen-bond acceptors (Lipinski definition) is 2. The Bertz CT molecular complexity index is 774. The number of carbonyl (C=O) groups excluding carboxylic acids is 2. The molecule has 2 aromatic carbocycles. The molecule has 0 aromatic heterocycles. The molecule has 0 bridgehead atoms. The monoisotopic (exact) mass is 340 g/mol. The van der Waals surface area contributed by atoms with Gasteiger partial charge in [-0.1, -0.05) is 36.4 Å². The predicted molar refractivity (Wildman–Crippen MR) is 92.9 cm³/mol. The maximum absolute atomic E-state index is 12.9. The summed E-state index contributed by atoms with van der Waals surface area (Å²) < 4.78 is 12.9. The van der Waals surface area contributed by atoms with Gasteiger partial charge < -0.3 is 10.6 Å². The fraction of sp³-hybridized carbons (Fsp3) is 0.300. The van der Waals surface area contributed by atoms with Crippen LogP contribution in [0, 0.1) is 24.6 Å². The van der Waals surface area contributed by atoms with Gasteiger partial charge in [-0.15, -0.1) is 0 Å². The Morgan fingerprint density at radius 1 is 0.960 bits per heavy atom. The first-order valence-electron chi connectivity index (χ1n) is 8.39. The summed E-state index contributed by atoms with van der Waals surface area (Å²) in [7, 11) is 0. The smallest absolute Gasteiger partial charge is 0.224 e. The molecule has 1 fully saturated rings. The van der Waals surface area contributed by atoms with Gasteiger partial charge in [0.1, 0.15) is 5.82 Å². The van der Waals surface area contributed by atoms with Crippen molar-refractivity contribution in [3.8, 4) is 0 Å². The van der Waals surface area contributed by atoms with Crippen LogP contribution in [0.1, 0.15) is 23.1 Å². The van der Waals surface area contributed by atoms with Crippen LogP contribution in [0.2, 0.25) is 0 Å². The van der Waals surface area contributed by atoms with Crippen LogP contribution < -0.4 is 10.6 Å². The minimum absolute atomic E-state index is 0.0785. The molecule has 3 rings (SSSR count). The van der Waals surface area contributed by atoms with Gasteiger partial charge >= 0.3 is 0 Å².